The van der Waals surface area contributed by atoms with Gasteiger partial charge in [-0.15, -0.1) is 0 Å². The summed E-state index contributed by atoms with van der Waals surface area (Å²) in [6, 6.07) is 11.7. The van der Waals surface area contributed by atoms with Crippen molar-refractivity contribution in [3.63, 3.8) is 0 Å². The van der Waals surface area contributed by atoms with E-state index in [2.05, 4.69) is 0 Å². The minimum absolute atomic E-state index is 0.120. The summed E-state index contributed by atoms with van der Waals surface area (Å²) in [5.41, 5.74) is 0.299. The number of carbonyl (C=O) groups excluding carboxylic acids is 1. The standard InChI is InChI=1S/C19H22BNO6S/c1-13-5-8-15(9-6-13)28(23,24)21-19(2,18(22)27-20-21)12-14-7-10-16(25-3)17(11-14)26-4/h5-11,20H,12H2,1-4H3. The molecule has 0 bridgehead atoms. The maximum atomic E-state index is 13.2. The lowest BCUT2D eigenvalue weighted by Crippen LogP contribution is -2.51. The van der Waals surface area contributed by atoms with Crippen molar-refractivity contribution < 1.29 is 27.3 Å². The van der Waals surface area contributed by atoms with Crippen LogP contribution in [0.15, 0.2) is 47.4 Å². The Labute approximate surface area is 165 Å². The van der Waals surface area contributed by atoms with E-state index in [0.29, 0.717) is 11.5 Å². The van der Waals surface area contributed by atoms with Gasteiger partial charge >= 0.3 is 13.6 Å². The highest BCUT2D eigenvalue weighted by Gasteiger charge is 2.53. The van der Waals surface area contributed by atoms with Gasteiger partial charge in [0.05, 0.1) is 19.1 Å². The molecule has 0 radical (unpaired) electrons. The first-order chi connectivity index (χ1) is 13.2. The fourth-order valence-electron chi connectivity index (χ4n) is 3.24. The first-order valence-electron chi connectivity index (χ1n) is 8.70. The summed E-state index contributed by atoms with van der Waals surface area (Å²) in [6.45, 7) is 3.45. The van der Waals surface area contributed by atoms with Gasteiger partial charge in [-0.3, -0.25) is 4.79 Å². The normalized spacial score (nSPS) is 19.8. The molecule has 1 fully saturated rings. The molecule has 1 unspecified atom stereocenters. The molecule has 0 amide bonds. The Morgan fingerprint density at radius 2 is 1.71 bits per heavy atom. The monoisotopic (exact) mass is 403 g/mol. The Morgan fingerprint density at radius 1 is 1.07 bits per heavy atom. The minimum atomic E-state index is -3.91. The summed E-state index contributed by atoms with van der Waals surface area (Å²) in [6.07, 6.45) is 0.136. The second-order valence-corrected chi connectivity index (χ2v) is 8.73. The fraction of sp³-hybridized carbons (Fsp3) is 0.316. The van der Waals surface area contributed by atoms with E-state index in [-0.39, 0.29) is 18.9 Å². The van der Waals surface area contributed by atoms with Gasteiger partial charge in [-0.2, -0.15) is 4.22 Å². The Balaban J connectivity index is 1.98. The third-order valence-corrected chi connectivity index (χ3v) is 6.86. The van der Waals surface area contributed by atoms with Crippen LogP contribution in [0.4, 0.5) is 0 Å². The van der Waals surface area contributed by atoms with Crippen molar-refractivity contribution in [2.75, 3.05) is 14.2 Å². The predicted molar refractivity (Wildman–Crippen MR) is 105 cm³/mol. The van der Waals surface area contributed by atoms with Crippen molar-refractivity contribution in [1.82, 2.24) is 4.22 Å². The van der Waals surface area contributed by atoms with Crippen LogP contribution in [0.5, 0.6) is 11.5 Å². The summed E-state index contributed by atoms with van der Waals surface area (Å²) in [5, 5.41) is 0. The summed E-state index contributed by atoms with van der Waals surface area (Å²) >= 11 is 0. The molecule has 1 atom stereocenters. The first kappa shape index (κ1) is 20.2. The maximum Gasteiger partial charge on any atom is 0.448 e. The van der Waals surface area contributed by atoms with Crippen LogP contribution in [0, 0.1) is 6.92 Å². The van der Waals surface area contributed by atoms with Crippen LogP contribution >= 0.6 is 0 Å². The molecule has 0 aliphatic carbocycles. The van der Waals surface area contributed by atoms with E-state index in [1.165, 1.54) is 26.4 Å². The highest BCUT2D eigenvalue weighted by atomic mass is 32.2. The van der Waals surface area contributed by atoms with Crippen LogP contribution in [0.25, 0.3) is 0 Å². The molecule has 0 spiro atoms. The third kappa shape index (κ3) is 3.47. The van der Waals surface area contributed by atoms with E-state index in [0.717, 1.165) is 15.3 Å². The largest absolute Gasteiger partial charge is 0.521 e. The third-order valence-electron chi connectivity index (χ3n) is 4.91. The lowest BCUT2D eigenvalue weighted by Gasteiger charge is -2.30. The molecule has 148 valence electrons. The number of nitrogens with zero attached hydrogens (tertiary/aromatic N) is 1. The number of methoxy groups -OCH3 is 2. The van der Waals surface area contributed by atoms with Gasteiger partial charge in [0.25, 0.3) is 0 Å². The molecule has 7 nitrogen and oxygen atoms in total. The van der Waals surface area contributed by atoms with Crippen molar-refractivity contribution in [2.45, 2.75) is 30.7 Å². The highest BCUT2D eigenvalue weighted by molar-refractivity contribution is 7.90. The number of aryl methyl sites for hydroxylation is 1. The average Bonchev–Trinajstić information content (AvgIpc) is 2.97. The molecule has 2 aromatic rings. The van der Waals surface area contributed by atoms with Crippen molar-refractivity contribution in [1.29, 1.82) is 0 Å². The van der Waals surface area contributed by atoms with Crippen LogP contribution < -0.4 is 9.47 Å². The van der Waals surface area contributed by atoms with E-state index in [4.69, 9.17) is 14.1 Å². The molecule has 1 saturated heterocycles. The summed E-state index contributed by atoms with van der Waals surface area (Å²) in [4.78, 5) is 12.7. The van der Waals surface area contributed by atoms with Gasteiger partial charge in [0, 0.05) is 6.42 Å². The van der Waals surface area contributed by atoms with Crippen LogP contribution in [0.1, 0.15) is 18.1 Å². The van der Waals surface area contributed by atoms with Crippen LogP contribution in [-0.2, 0) is 25.9 Å². The van der Waals surface area contributed by atoms with Gasteiger partial charge in [0.2, 0.25) is 10.0 Å². The van der Waals surface area contributed by atoms with Crippen molar-refractivity contribution >= 4 is 23.6 Å². The molecule has 0 N–H and O–H groups in total. The molecule has 0 saturated carbocycles. The predicted octanol–water partition coefficient (Wildman–Crippen LogP) is 1.83. The van der Waals surface area contributed by atoms with E-state index in [9.17, 15) is 13.2 Å². The zero-order chi connectivity index (χ0) is 20.5. The number of benzene rings is 2. The molecule has 1 aliphatic heterocycles. The zero-order valence-corrected chi connectivity index (χ0v) is 17.1. The van der Waals surface area contributed by atoms with Gasteiger partial charge in [-0.25, -0.2) is 8.42 Å². The van der Waals surface area contributed by atoms with Crippen LogP contribution in [0.3, 0.4) is 0 Å². The minimum Gasteiger partial charge on any atom is -0.521 e. The van der Waals surface area contributed by atoms with E-state index >= 15 is 0 Å². The molecule has 3 rings (SSSR count). The van der Waals surface area contributed by atoms with Gasteiger partial charge < -0.3 is 14.1 Å². The lowest BCUT2D eigenvalue weighted by atomic mass is 9.92. The van der Waals surface area contributed by atoms with Crippen molar-refractivity contribution in [3.05, 3.63) is 53.6 Å². The summed E-state index contributed by atoms with van der Waals surface area (Å²) in [5.74, 6) is 0.468. The quantitative estimate of drug-likeness (QED) is 0.685. The maximum absolute atomic E-state index is 13.2. The number of sulfonamides is 1. The van der Waals surface area contributed by atoms with Gasteiger partial charge in [0.15, 0.2) is 11.5 Å². The van der Waals surface area contributed by atoms with Crippen molar-refractivity contribution in [2.24, 2.45) is 0 Å². The van der Waals surface area contributed by atoms with Crippen LogP contribution in [-0.4, -0.2) is 46.0 Å². The molecule has 2 aromatic carbocycles. The number of hydrogen-bond acceptors (Lipinski definition) is 6. The highest BCUT2D eigenvalue weighted by Crippen LogP contribution is 2.35. The van der Waals surface area contributed by atoms with E-state index in [1.807, 2.05) is 6.92 Å². The Bertz CT molecular complexity index is 992. The summed E-state index contributed by atoms with van der Waals surface area (Å²) < 4.78 is 43.1. The Hall–Kier alpha value is -2.52. The molecule has 9 heteroatoms. The van der Waals surface area contributed by atoms with E-state index in [1.54, 1.807) is 37.3 Å². The Morgan fingerprint density at radius 3 is 2.32 bits per heavy atom. The molecular weight excluding hydrogens is 381 g/mol. The second-order valence-electron chi connectivity index (χ2n) is 6.87. The average molecular weight is 403 g/mol. The fourth-order valence-corrected chi connectivity index (χ4v) is 4.83. The number of rotatable bonds is 6. The SMILES string of the molecule is COc1ccc(CC2(C)C(=O)OBN2S(=O)(=O)c2ccc(C)cc2)cc1OC. The zero-order valence-electron chi connectivity index (χ0n) is 16.3. The summed E-state index contributed by atoms with van der Waals surface area (Å²) in [7, 11) is -1.19. The molecule has 1 aliphatic rings. The molecular formula is C19H22BNO6S. The van der Waals surface area contributed by atoms with Gasteiger partial charge in [-0.05, 0) is 43.7 Å². The number of carbonyl (C=O) groups is 1. The first-order valence-corrected chi connectivity index (χ1v) is 10.1. The van der Waals surface area contributed by atoms with E-state index < -0.39 is 21.5 Å². The molecule has 1 heterocycles. The van der Waals surface area contributed by atoms with Gasteiger partial charge in [0.1, 0.15) is 5.54 Å². The van der Waals surface area contributed by atoms with Crippen molar-refractivity contribution in [3.8, 4) is 11.5 Å². The van der Waals surface area contributed by atoms with Gasteiger partial charge in [-0.1, -0.05) is 23.8 Å². The lowest BCUT2D eigenvalue weighted by molar-refractivity contribution is -0.138. The molecule has 0 aromatic heterocycles. The molecule has 28 heavy (non-hydrogen) atoms. The topological polar surface area (TPSA) is 82.1 Å². The smallest absolute Gasteiger partial charge is 0.448 e. The van der Waals surface area contributed by atoms with Crippen LogP contribution in [0.2, 0.25) is 0 Å². The number of hydrogen-bond donors (Lipinski definition) is 0. The Kier molecular flexibility index (Phi) is 5.40. The number of ether oxygens (including phenoxy) is 2. The second kappa shape index (κ2) is 7.48.